The first kappa shape index (κ1) is 61.5. The number of carbonyl (C=O) groups is 2. The van der Waals surface area contributed by atoms with Gasteiger partial charge in [-0.3, -0.25) is 19.4 Å². The van der Waals surface area contributed by atoms with Gasteiger partial charge in [-0.15, -0.1) is 0 Å². The molecule has 16 heteroatoms. The fraction of sp³-hybridized carbons (Fsp3) is 0.387. The highest BCUT2D eigenvalue weighted by atomic mass is 35.5. The van der Waals surface area contributed by atoms with Gasteiger partial charge in [-0.1, -0.05) is 127 Å². The number of fused-ring (bicyclic) bond motifs is 2. The topological polar surface area (TPSA) is 195 Å². The van der Waals surface area contributed by atoms with Crippen LogP contribution >= 0.6 is 11.6 Å². The van der Waals surface area contributed by atoms with E-state index in [1.54, 1.807) is 36.4 Å². The number of benzene rings is 4. The van der Waals surface area contributed by atoms with Crippen molar-refractivity contribution in [1.29, 1.82) is 10.5 Å². The lowest BCUT2D eigenvalue weighted by molar-refractivity contribution is -0.118. The van der Waals surface area contributed by atoms with Crippen molar-refractivity contribution in [1.82, 2.24) is 30.4 Å². The molecule has 0 radical (unpaired) electrons. The Morgan fingerprint density at radius 1 is 0.628 bits per heavy atom. The first-order valence-corrected chi connectivity index (χ1v) is 27.6. The van der Waals surface area contributed by atoms with Crippen molar-refractivity contribution in [3.63, 3.8) is 0 Å². The Morgan fingerprint density at radius 2 is 1.04 bits per heavy atom. The monoisotopic (exact) mass is 1080 g/mol. The van der Waals surface area contributed by atoms with Crippen LogP contribution in [-0.4, -0.2) is 116 Å². The number of phenols is 1. The second-order valence-corrected chi connectivity index (χ2v) is 18.3. The van der Waals surface area contributed by atoms with Gasteiger partial charge in [0.2, 0.25) is 0 Å². The van der Waals surface area contributed by atoms with E-state index in [2.05, 4.69) is 44.2 Å². The van der Waals surface area contributed by atoms with Crippen molar-refractivity contribution in [2.45, 2.75) is 79.3 Å². The van der Waals surface area contributed by atoms with Crippen LogP contribution < -0.4 is 20.1 Å². The molecule has 0 spiro atoms. The number of morpholine rings is 2. The minimum absolute atomic E-state index is 0.0110. The summed E-state index contributed by atoms with van der Waals surface area (Å²) in [5.41, 5.74) is 3.82. The van der Waals surface area contributed by atoms with Crippen LogP contribution in [0.15, 0.2) is 120 Å². The molecule has 2 aliphatic rings. The number of hydrogen-bond acceptors (Lipinski definition) is 13. The summed E-state index contributed by atoms with van der Waals surface area (Å²) in [6.45, 7) is 21.9. The molecule has 4 aromatic carbocycles. The number of aromatic nitrogens is 2. The van der Waals surface area contributed by atoms with E-state index in [9.17, 15) is 25.2 Å². The lowest BCUT2D eigenvalue weighted by atomic mass is 10.0. The lowest BCUT2D eigenvalue weighted by Gasteiger charge is -2.26. The number of rotatable bonds is 20. The van der Waals surface area contributed by atoms with E-state index in [1.807, 2.05) is 113 Å². The van der Waals surface area contributed by atoms with Crippen molar-refractivity contribution in [2.24, 2.45) is 0 Å². The third-order valence-corrected chi connectivity index (χ3v) is 12.9. The number of nitrogens with zero attached hydrogens (tertiary/aromatic N) is 6. The Kier molecular flexibility index (Phi) is 26.6. The molecule has 2 saturated heterocycles. The van der Waals surface area contributed by atoms with E-state index in [0.29, 0.717) is 40.7 Å². The number of para-hydroxylation sites is 2. The highest BCUT2D eigenvalue weighted by Crippen LogP contribution is 2.27. The van der Waals surface area contributed by atoms with Gasteiger partial charge in [0.1, 0.15) is 59.3 Å². The summed E-state index contributed by atoms with van der Waals surface area (Å²) >= 11 is 6.27. The lowest BCUT2D eigenvalue weighted by Crippen LogP contribution is -2.38. The first-order chi connectivity index (χ1) is 38.1. The van der Waals surface area contributed by atoms with Gasteiger partial charge in [0, 0.05) is 50.0 Å². The summed E-state index contributed by atoms with van der Waals surface area (Å²) in [6.07, 6.45) is 6.14. The van der Waals surface area contributed by atoms with Crippen LogP contribution in [-0.2, 0) is 19.1 Å². The van der Waals surface area contributed by atoms with Crippen LogP contribution in [0, 0.1) is 22.7 Å². The van der Waals surface area contributed by atoms with Crippen LogP contribution in [0.25, 0.3) is 34.0 Å². The fourth-order valence-electron chi connectivity index (χ4n) is 8.55. The summed E-state index contributed by atoms with van der Waals surface area (Å²) in [7, 11) is 0. The molecule has 4 heterocycles. The number of nitriles is 2. The molecule has 15 nitrogen and oxygen atoms in total. The first-order valence-electron chi connectivity index (χ1n) is 27.2. The van der Waals surface area contributed by atoms with Gasteiger partial charge in [-0.2, -0.15) is 10.5 Å². The zero-order valence-electron chi connectivity index (χ0n) is 46.0. The molecule has 2 aromatic heterocycles. The SMILES string of the molecule is CC.CC.CCCC(NC(=O)/C(C#N)=C/c1ccc2cccc(Cl)c2n1)c1ccc(OCCN2CCOCC2)cc1.CCCC(NC(=O)/C(C#N)=C/c1ccc2cccc(O)c2n1)c1ccc(OCCN2CCOCC2)cc1. The number of carbonyl (C=O) groups excluding carboxylic acids is 2. The van der Waals surface area contributed by atoms with Gasteiger partial charge in [0.25, 0.3) is 11.8 Å². The molecule has 2 unspecified atom stereocenters. The van der Waals surface area contributed by atoms with Crippen molar-refractivity contribution in [3.8, 4) is 29.4 Å². The molecule has 2 atom stereocenters. The number of nitrogens with one attached hydrogen (secondary N) is 2. The Labute approximate surface area is 465 Å². The third kappa shape index (κ3) is 19.0. The summed E-state index contributed by atoms with van der Waals surface area (Å²) in [4.78, 5) is 39.6. The molecule has 0 aliphatic carbocycles. The molecule has 8 rings (SSSR count). The smallest absolute Gasteiger partial charge is 0.262 e. The minimum atomic E-state index is -0.467. The van der Waals surface area contributed by atoms with Crippen LogP contribution in [0.5, 0.6) is 17.2 Å². The van der Waals surface area contributed by atoms with E-state index in [1.165, 1.54) is 12.2 Å². The molecule has 412 valence electrons. The van der Waals surface area contributed by atoms with E-state index in [0.717, 1.165) is 125 Å². The van der Waals surface area contributed by atoms with E-state index >= 15 is 0 Å². The summed E-state index contributed by atoms with van der Waals surface area (Å²) < 4.78 is 22.6. The molecule has 3 N–H and O–H groups in total. The number of hydrogen-bond donors (Lipinski definition) is 3. The Bertz CT molecular complexity index is 2760. The average molecular weight is 1080 g/mol. The molecule has 0 bridgehead atoms. The molecular weight excluding hydrogens is 1000 g/mol. The Morgan fingerprint density at radius 3 is 1.46 bits per heavy atom. The summed E-state index contributed by atoms with van der Waals surface area (Å²) in [5, 5.41) is 37.6. The maximum absolute atomic E-state index is 13.0. The number of amides is 2. The second-order valence-electron chi connectivity index (χ2n) is 17.8. The van der Waals surface area contributed by atoms with Crippen molar-refractivity contribution in [2.75, 3.05) is 78.9 Å². The highest BCUT2D eigenvalue weighted by molar-refractivity contribution is 6.35. The predicted octanol–water partition coefficient (Wildman–Crippen LogP) is 11.4. The molecule has 0 saturated carbocycles. The minimum Gasteiger partial charge on any atom is -0.506 e. The van der Waals surface area contributed by atoms with E-state index < -0.39 is 11.8 Å². The second kappa shape index (κ2) is 33.7. The van der Waals surface area contributed by atoms with Gasteiger partial charge in [0.05, 0.1) is 60.4 Å². The third-order valence-electron chi connectivity index (χ3n) is 12.6. The average Bonchev–Trinajstić information content (AvgIpc) is 3.49. The quantitative estimate of drug-likeness (QED) is 0.0483. The van der Waals surface area contributed by atoms with Crippen LogP contribution in [0.1, 0.15) is 102 Å². The molecule has 2 amide bonds. The fourth-order valence-corrected chi connectivity index (χ4v) is 8.77. The molecule has 2 aliphatic heterocycles. The summed E-state index contributed by atoms with van der Waals surface area (Å²) in [6, 6.07) is 36.8. The Hall–Kier alpha value is -7.37. The van der Waals surface area contributed by atoms with Gasteiger partial charge >= 0.3 is 0 Å². The number of phenolic OH excluding ortho intramolecular Hbond substituents is 1. The normalized spacial score (nSPS) is 14.6. The van der Waals surface area contributed by atoms with E-state index in [4.69, 9.17) is 30.5 Å². The number of ether oxygens (including phenoxy) is 4. The van der Waals surface area contributed by atoms with Crippen LogP contribution in [0.3, 0.4) is 0 Å². The molecule has 2 fully saturated rings. The van der Waals surface area contributed by atoms with Crippen LogP contribution in [0.4, 0.5) is 0 Å². The van der Waals surface area contributed by atoms with Gasteiger partial charge < -0.3 is 34.7 Å². The van der Waals surface area contributed by atoms with Gasteiger partial charge in [0.15, 0.2) is 0 Å². The molecule has 6 aromatic rings. The summed E-state index contributed by atoms with van der Waals surface area (Å²) in [5.74, 6) is 0.713. The Balaban J connectivity index is 0.000000270. The predicted molar refractivity (Wildman–Crippen MR) is 310 cm³/mol. The number of pyridine rings is 2. The molecular formula is C62H75ClN8O7. The zero-order valence-corrected chi connectivity index (χ0v) is 46.7. The number of aromatic hydroxyl groups is 1. The van der Waals surface area contributed by atoms with Gasteiger partial charge in [-0.05, 0) is 84.7 Å². The van der Waals surface area contributed by atoms with Crippen molar-refractivity contribution >= 4 is 57.4 Å². The van der Waals surface area contributed by atoms with Crippen molar-refractivity contribution in [3.05, 3.63) is 148 Å². The van der Waals surface area contributed by atoms with Gasteiger partial charge in [-0.25, -0.2) is 9.97 Å². The maximum atomic E-state index is 13.0. The standard InChI is InChI=1S/C29H31ClN4O3.C29H32N4O4.2C2H6/c1-2-4-27(21-8-11-25(12-9-21)37-18-15-34-13-16-36-17-14-34)33-29(35)23(20-31)19-24-10-7-22-5-3-6-26(30)28(22)32-24;1-2-4-26(21-8-11-25(12-9-21)37-18-15-33-13-16-36-17-14-33)32-29(35)23(20-30)19-24-10-7-22-5-3-6-27(34)28(22)31-24;2*1-2/h3,5-12,19,27H,2,4,13-18H2,1H3,(H,33,35);3,5-12,19,26,34H,2,4,13-18H2,1H3,(H,32,35);2*1-2H3/b2*23-19+;;. The zero-order chi connectivity index (χ0) is 56.1. The molecule has 78 heavy (non-hydrogen) atoms. The maximum Gasteiger partial charge on any atom is 0.262 e. The van der Waals surface area contributed by atoms with Crippen molar-refractivity contribution < 1.29 is 33.6 Å². The highest BCUT2D eigenvalue weighted by Gasteiger charge is 2.20. The van der Waals surface area contributed by atoms with E-state index in [-0.39, 0.29) is 29.0 Å². The largest absolute Gasteiger partial charge is 0.506 e. The number of halogens is 1. The van der Waals surface area contributed by atoms with Crippen LogP contribution in [0.2, 0.25) is 5.02 Å².